The Bertz CT molecular complexity index is 381. The predicted octanol–water partition coefficient (Wildman–Crippen LogP) is 1.86. The molecule has 0 aliphatic carbocycles. The van der Waals surface area contributed by atoms with E-state index >= 15 is 0 Å². The highest BCUT2D eigenvalue weighted by atomic mass is 15.2. The van der Waals surface area contributed by atoms with Crippen molar-refractivity contribution >= 4 is 5.69 Å². The van der Waals surface area contributed by atoms with Gasteiger partial charge in [-0.3, -0.25) is 0 Å². The molecule has 1 heterocycles. The molecule has 0 saturated carbocycles. The molecule has 2 rings (SSSR count). The fourth-order valence-electron chi connectivity index (χ4n) is 2.50. The first-order valence-corrected chi connectivity index (χ1v) is 6.94. The second kappa shape index (κ2) is 6.21. The molecule has 0 amide bonds. The van der Waals surface area contributed by atoms with Crippen LogP contribution in [0, 0.1) is 6.92 Å². The lowest BCUT2D eigenvalue weighted by molar-refractivity contribution is 0.312. The van der Waals surface area contributed by atoms with Gasteiger partial charge in [0.2, 0.25) is 0 Å². The van der Waals surface area contributed by atoms with Crippen molar-refractivity contribution < 1.29 is 0 Å². The van der Waals surface area contributed by atoms with Gasteiger partial charge in [0.25, 0.3) is 0 Å². The van der Waals surface area contributed by atoms with Crippen molar-refractivity contribution in [1.82, 2.24) is 10.2 Å². The van der Waals surface area contributed by atoms with Crippen LogP contribution in [0.25, 0.3) is 0 Å². The number of piperazine rings is 1. The van der Waals surface area contributed by atoms with Gasteiger partial charge in [-0.1, -0.05) is 19.1 Å². The molecular formula is C15H25N3. The van der Waals surface area contributed by atoms with E-state index in [-0.39, 0.29) is 0 Å². The minimum Gasteiger partial charge on any atom is -0.369 e. The summed E-state index contributed by atoms with van der Waals surface area (Å²) in [5.41, 5.74) is 4.19. The smallest absolute Gasteiger partial charge is 0.0397 e. The van der Waals surface area contributed by atoms with Crippen molar-refractivity contribution in [2.75, 3.05) is 44.7 Å². The largest absolute Gasteiger partial charge is 0.369 e. The summed E-state index contributed by atoms with van der Waals surface area (Å²) in [6, 6.07) is 6.85. The second-order valence-electron chi connectivity index (χ2n) is 5.19. The summed E-state index contributed by atoms with van der Waals surface area (Å²) >= 11 is 0. The molecular weight excluding hydrogens is 222 g/mol. The number of nitrogens with one attached hydrogen (secondary N) is 1. The molecule has 0 radical (unpaired) electrons. The van der Waals surface area contributed by atoms with Crippen LogP contribution in [0.4, 0.5) is 5.69 Å². The third kappa shape index (κ3) is 3.24. The number of nitrogens with zero attached hydrogens (tertiary/aromatic N) is 2. The van der Waals surface area contributed by atoms with Gasteiger partial charge in [-0.25, -0.2) is 0 Å². The number of likely N-dealkylation sites (N-methyl/N-ethyl adjacent to an activating group) is 1. The molecule has 3 heteroatoms. The fourth-order valence-corrected chi connectivity index (χ4v) is 2.50. The zero-order valence-electron chi connectivity index (χ0n) is 11.9. The fraction of sp³-hybridized carbons (Fsp3) is 0.600. The van der Waals surface area contributed by atoms with Gasteiger partial charge in [-0.2, -0.15) is 0 Å². The Morgan fingerprint density at radius 3 is 2.50 bits per heavy atom. The lowest BCUT2D eigenvalue weighted by atomic mass is 10.1. The Labute approximate surface area is 111 Å². The molecule has 1 aliphatic heterocycles. The van der Waals surface area contributed by atoms with Crippen molar-refractivity contribution in [2.24, 2.45) is 0 Å². The molecule has 3 nitrogen and oxygen atoms in total. The molecule has 0 atom stereocenters. The summed E-state index contributed by atoms with van der Waals surface area (Å²) in [6.45, 7) is 11.0. The van der Waals surface area contributed by atoms with Crippen molar-refractivity contribution in [3.8, 4) is 0 Å². The van der Waals surface area contributed by atoms with Crippen molar-refractivity contribution in [1.29, 1.82) is 0 Å². The van der Waals surface area contributed by atoms with Crippen LogP contribution >= 0.6 is 0 Å². The zero-order valence-corrected chi connectivity index (χ0v) is 11.9. The summed E-state index contributed by atoms with van der Waals surface area (Å²) in [7, 11) is 2.20. The number of rotatable bonds is 4. The summed E-state index contributed by atoms with van der Waals surface area (Å²) in [5.74, 6) is 0. The minimum absolute atomic E-state index is 0.973. The van der Waals surface area contributed by atoms with Gasteiger partial charge < -0.3 is 15.1 Å². The van der Waals surface area contributed by atoms with E-state index in [1.165, 1.54) is 29.9 Å². The van der Waals surface area contributed by atoms with Crippen LogP contribution in [0.3, 0.4) is 0 Å². The predicted molar refractivity (Wildman–Crippen MR) is 78.3 cm³/mol. The van der Waals surface area contributed by atoms with Crippen molar-refractivity contribution in [3.63, 3.8) is 0 Å². The van der Waals surface area contributed by atoms with Gasteiger partial charge in [0, 0.05) is 38.4 Å². The lowest BCUT2D eigenvalue weighted by Crippen LogP contribution is -2.44. The van der Waals surface area contributed by atoms with Crippen LogP contribution in [0.1, 0.15) is 18.1 Å². The Morgan fingerprint density at radius 2 is 1.89 bits per heavy atom. The molecule has 0 bridgehead atoms. The first-order chi connectivity index (χ1) is 8.70. The van der Waals surface area contributed by atoms with E-state index in [0.29, 0.717) is 0 Å². The van der Waals surface area contributed by atoms with Gasteiger partial charge in [-0.05, 0) is 37.7 Å². The van der Waals surface area contributed by atoms with E-state index < -0.39 is 0 Å². The Morgan fingerprint density at radius 1 is 1.17 bits per heavy atom. The molecule has 0 unspecified atom stereocenters. The topological polar surface area (TPSA) is 18.5 Å². The number of hydrogen-bond donors (Lipinski definition) is 1. The molecule has 1 saturated heterocycles. The van der Waals surface area contributed by atoms with Gasteiger partial charge in [0.05, 0.1) is 0 Å². The molecule has 1 fully saturated rings. The van der Waals surface area contributed by atoms with Crippen molar-refractivity contribution in [3.05, 3.63) is 29.3 Å². The van der Waals surface area contributed by atoms with Crippen LogP contribution in [-0.4, -0.2) is 44.7 Å². The van der Waals surface area contributed by atoms with E-state index in [2.05, 4.69) is 54.2 Å². The molecule has 0 aromatic heterocycles. The average Bonchev–Trinajstić information content (AvgIpc) is 2.38. The molecule has 1 N–H and O–H groups in total. The number of hydrogen-bond acceptors (Lipinski definition) is 3. The lowest BCUT2D eigenvalue weighted by Gasteiger charge is -2.35. The summed E-state index contributed by atoms with van der Waals surface area (Å²) in [6.07, 6.45) is 0. The van der Waals surface area contributed by atoms with Gasteiger partial charge in [0.15, 0.2) is 0 Å². The highest BCUT2D eigenvalue weighted by molar-refractivity contribution is 5.54. The van der Waals surface area contributed by atoms with Gasteiger partial charge >= 0.3 is 0 Å². The Kier molecular flexibility index (Phi) is 4.61. The van der Waals surface area contributed by atoms with Gasteiger partial charge in [0.1, 0.15) is 0 Å². The number of aryl methyl sites for hydroxylation is 1. The monoisotopic (exact) mass is 247 g/mol. The molecule has 1 aromatic carbocycles. The highest BCUT2D eigenvalue weighted by Crippen LogP contribution is 2.22. The zero-order chi connectivity index (χ0) is 13.0. The molecule has 1 aromatic rings. The summed E-state index contributed by atoms with van der Waals surface area (Å²) in [5, 5.41) is 3.38. The quantitative estimate of drug-likeness (QED) is 0.876. The van der Waals surface area contributed by atoms with Gasteiger partial charge in [-0.15, -0.1) is 0 Å². The summed E-state index contributed by atoms with van der Waals surface area (Å²) in [4.78, 5) is 4.90. The summed E-state index contributed by atoms with van der Waals surface area (Å²) < 4.78 is 0. The van der Waals surface area contributed by atoms with Crippen LogP contribution < -0.4 is 10.2 Å². The first-order valence-electron chi connectivity index (χ1n) is 6.94. The molecule has 0 spiro atoms. The standard InChI is InChI=1S/C15H25N3/c1-4-16-12-14-5-6-15(13(2)11-14)18-9-7-17(3)8-10-18/h5-6,11,16H,4,7-10,12H2,1-3H3. The highest BCUT2D eigenvalue weighted by Gasteiger charge is 2.15. The Hall–Kier alpha value is -1.06. The maximum Gasteiger partial charge on any atom is 0.0397 e. The second-order valence-corrected chi connectivity index (χ2v) is 5.19. The molecule has 100 valence electrons. The van der Waals surface area contributed by atoms with E-state index in [0.717, 1.165) is 26.2 Å². The van der Waals surface area contributed by atoms with Crippen molar-refractivity contribution in [2.45, 2.75) is 20.4 Å². The van der Waals surface area contributed by atoms with Crippen LogP contribution in [0.2, 0.25) is 0 Å². The average molecular weight is 247 g/mol. The minimum atomic E-state index is 0.973. The van der Waals surface area contributed by atoms with E-state index in [4.69, 9.17) is 0 Å². The number of anilines is 1. The Balaban J connectivity index is 2.05. The molecule has 18 heavy (non-hydrogen) atoms. The van der Waals surface area contributed by atoms with E-state index in [1.807, 2.05) is 0 Å². The maximum absolute atomic E-state index is 3.38. The van der Waals surface area contributed by atoms with E-state index in [1.54, 1.807) is 0 Å². The third-order valence-corrected chi connectivity index (χ3v) is 3.68. The third-order valence-electron chi connectivity index (χ3n) is 3.68. The first kappa shape index (κ1) is 13.4. The normalized spacial score (nSPS) is 17.2. The van der Waals surface area contributed by atoms with Crippen LogP contribution in [0.5, 0.6) is 0 Å². The van der Waals surface area contributed by atoms with Crippen LogP contribution in [-0.2, 0) is 6.54 Å². The van der Waals surface area contributed by atoms with E-state index in [9.17, 15) is 0 Å². The molecule has 1 aliphatic rings. The number of benzene rings is 1. The SMILES string of the molecule is CCNCc1ccc(N2CCN(C)CC2)c(C)c1. The van der Waals surface area contributed by atoms with Crippen LogP contribution in [0.15, 0.2) is 18.2 Å². The maximum atomic E-state index is 3.38.